The molecule has 3 N–H and O–H groups in total. The highest BCUT2D eigenvalue weighted by Crippen LogP contribution is 2.53. The number of hydrogen-bond acceptors (Lipinski definition) is 3. The van der Waals surface area contributed by atoms with Crippen molar-refractivity contribution in [3.05, 3.63) is 74.8 Å². The van der Waals surface area contributed by atoms with E-state index in [1.165, 1.54) is 31.2 Å². The Morgan fingerprint density at radius 1 is 1.09 bits per heavy atom. The lowest BCUT2D eigenvalue weighted by Crippen LogP contribution is -2.26. The van der Waals surface area contributed by atoms with Gasteiger partial charge in [-0.25, -0.2) is 8.78 Å². The molecule has 3 atom stereocenters. The molecule has 0 bridgehead atoms. The Balaban J connectivity index is 1.63. The van der Waals surface area contributed by atoms with Gasteiger partial charge in [-0.3, -0.25) is 14.6 Å². The highest BCUT2D eigenvalue weighted by atomic mass is 19.2. The van der Waals surface area contributed by atoms with Crippen molar-refractivity contribution in [2.75, 3.05) is 0 Å². The second-order valence-corrected chi connectivity index (χ2v) is 9.23. The molecule has 2 aromatic heterocycles. The van der Waals surface area contributed by atoms with Crippen LogP contribution in [0.5, 0.6) is 0 Å². The second kappa shape index (κ2) is 7.80. The molecule has 5 rings (SSSR count). The van der Waals surface area contributed by atoms with Gasteiger partial charge in [0.2, 0.25) is 0 Å². The summed E-state index contributed by atoms with van der Waals surface area (Å²) in [5.74, 6) is -1.22. The van der Waals surface area contributed by atoms with Crippen LogP contribution in [0.4, 0.5) is 8.78 Å². The number of carbonyl (C=O) groups excluding carboxylic acids is 1. The molecule has 0 aliphatic heterocycles. The number of nitrogens with two attached hydrogens (primary N) is 1. The van der Waals surface area contributed by atoms with E-state index in [1.54, 1.807) is 19.1 Å². The van der Waals surface area contributed by atoms with Gasteiger partial charge in [-0.1, -0.05) is 6.07 Å². The van der Waals surface area contributed by atoms with Crippen LogP contribution in [0.3, 0.4) is 0 Å². The SMILES string of the molecule is Cc1c(C2CC[C@H](C3CC3)CC2c2cc(=O)c3c(C(N)=O)nccc3[nH]2)ccc(F)c1F. The first-order chi connectivity index (χ1) is 15.3. The molecule has 2 fully saturated rings. The predicted molar refractivity (Wildman–Crippen MR) is 118 cm³/mol. The van der Waals surface area contributed by atoms with Crippen molar-refractivity contribution < 1.29 is 13.6 Å². The summed E-state index contributed by atoms with van der Waals surface area (Å²) in [5.41, 5.74) is 7.42. The van der Waals surface area contributed by atoms with E-state index in [9.17, 15) is 18.4 Å². The summed E-state index contributed by atoms with van der Waals surface area (Å²) in [6.07, 6.45) is 6.68. The number of halogens is 2. The van der Waals surface area contributed by atoms with Gasteiger partial charge < -0.3 is 10.7 Å². The minimum absolute atomic E-state index is 0.0364. The number of aromatic nitrogens is 2. The van der Waals surface area contributed by atoms with Gasteiger partial charge in [0.1, 0.15) is 5.69 Å². The van der Waals surface area contributed by atoms with Crippen molar-refractivity contribution >= 4 is 16.8 Å². The Labute approximate surface area is 184 Å². The first kappa shape index (κ1) is 20.8. The number of H-pyrrole nitrogens is 1. The van der Waals surface area contributed by atoms with Crippen molar-refractivity contribution in [1.29, 1.82) is 0 Å². The smallest absolute Gasteiger partial charge is 0.268 e. The van der Waals surface area contributed by atoms with Crippen molar-refractivity contribution in [1.82, 2.24) is 9.97 Å². The number of primary amides is 1. The van der Waals surface area contributed by atoms with E-state index in [0.29, 0.717) is 22.9 Å². The van der Waals surface area contributed by atoms with Gasteiger partial charge in [-0.2, -0.15) is 0 Å². The summed E-state index contributed by atoms with van der Waals surface area (Å²) in [6.45, 7) is 1.62. The van der Waals surface area contributed by atoms with Gasteiger partial charge in [0, 0.05) is 23.9 Å². The Hall–Kier alpha value is -3.09. The summed E-state index contributed by atoms with van der Waals surface area (Å²) in [6, 6.07) is 6.05. The van der Waals surface area contributed by atoms with Crippen molar-refractivity contribution in [3.8, 4) is 0 Å². The molecule has 1 amide bonds. The maximum absolute atomic E-state index is 14.4. The molecule has 2 aliphatic rings. The predicted octanol–water partition coefficient (Wildman–Crippen LogP) is 4.69. The quantitative estimate of drug-likeness (QED) is 0.621. The summed E-state index contributed by atoms with van der Waals surface area (Å²) < 4.78 is 28.2. The molecule has 5 nitrogen and oxygen atoms in total. The van der Waals surface area contributed by atoms with E-state index in [-0.39, 0.29) is 28.3 Å². The van der Waals surface area contributed by atoms with E-state index in [0.717, 1.165) is 30.5 Å². The van der Waals surface area contributed by atoms with E-state index in [1.807, 2.05) is 0 Å². The molecule has 7 heteroatoms. The first-order valence-corrected chi connectivity index (χ1v) is 11.1. The number of aromatic amines is 1. The molecule has 2 aliphatic carbocycles. The lowest BCUT2D eigenvalue weighted by atomic mass is 9.68. The minimum atomic E-state index is -0.847. The van der Waals surface area contributed by atoms with E-state index >= 15 is 0 Å². The van der Waals surface area contributed by atoms with Crippen LogP contribution in [-0.4, -0.2) is 15.9 Å². The van der Waals surface area contributed by atoms with Crippen LogP contribution in [-0.2, 0) is 0 Å². The molecule has 32 heavy (non-hydrogen) atoms. The van der Waals surface area contributed by atoms with Crippen molar-refractivity contribution in [2.24, 2.45) is 17.6 Å². The number of hydrogen-bond donors (Lipinski definition) is 2. The number of pyridine rings is 2. The molecular formula is C25H25F2N3O2. The third kappa shape index (κ3) is 3.49. The number of nitrogens with one attached hydrogen (secondary N) is 1. The monoisotopic (exact) mass is 437 g/mol. The minimum Gasteiger partial charge on any atom is -0.364 e. The maximum Gasteiger partial charge on any atom is 0.268 e. The highest BCUT2D eigenvalue weighted by molar-refractivity contribution is 6.03. The van der Waals surface area contributed by atoms with Crippen LogP contribution in [0.25, 0.3) is 10.9 Å². The van der Waals surface area contributed by atoms with Crippen LogP contribution < -0.4 is 11.2 Å². The second-order valence-electron chi connectivity index (χ2n) is 9.23. The Kier molecular flexibility index (Phi) is 5.07. The van der Waals surface area contributed by atoms with Gasteiger partial charge in [-0.05, 0) is 80.0 Å². The van der Waals surface area contributed by atoms with E-state index < -0.39 is 17.5 Å². The molecule has 1 aromatic carbocycles. The molecule has 2 saturated carbocycles. The highest BCUT2D eigenvalue weighted by Gasteiger charge is 2.40. The van der Waals surface area contributed by atoms with Crippen molar-refractivity contribution in [2.45, 2.75) is 50.9 Å². The number of benzene rings is 1. The summed E-state index contributed by atoms with van der Waals surface area (Å²) in [4.78, 5) is 32.1. The van der Waals surface area contributed by atoms with Gasteiger partial charge in [0.15, 0.2) is 17.1 Å². The summed E-state index contributed by atoms with van der Waals surface area (Å²) in [7, 11) is 0. The summed E-state index contributed by atoms with van der Waals surface area (Å²) in [5, 5.41) is 0.179. The number of carbonyl (C=O) groups is 1. The zero-order chi connectivity index (χ0) is 22.6. The normalized spacial score (nSPS) is 23.4. The van der Waals surface area contributed by atoms with Crippen LogP contribution in [0, 0.1) is 30.4 Å². The number of fused-ring (bicyclic) bond motifs is 1. The van der Waals surface area contributed by atoms with E-state index in [2.05, 4.69) is 9.97 Å². The lowest BCUT2D eigenvalue weighted by Gasteiger charge is -2.37. The molecular weight excluding hydrogens is 412 g/mol. The average Bonchev–Trinajstić information content (AvgIpc) is 3.62. The van der Waals surface area contributed by atoms with Gasteiger partial charge >= 0.3 is 0 Å². The molecule has 0 spiro atoms. The standard InChI is InChI=1S/C25H25F2N3O2/c1-12-15(6-7-18(26)23(12)27)16-5-4-14(13-2-3-13)10-17(16)20-11-21(31)22-19(30-20)8-9-29-24(22)25(28)32/h6-9,11,13-14,16-17H,2-5,10H2,1H3,(H2,28,32)(H,30,31)/t14-,16?,17?/m0/s1. The number of amides is 1. The Morgan fingerprint density at radius 2 is 1.84 bits per heavy atom. The largest absolute Gasteiger partial charge is 0.364 e. The Morgan fingerprint density at radius 3 is 2.56 bits per heavy atom. The zero-order valence-electron chi connectivity index (χ0n) is 17.8. The van der Waals surface area contributed by atoms with Gasteiger partial charge in [0.05, 0.1) is 10.9 Å². The number of rotatable bonds is 4. The fourth-order valence-corrected chi connectivity index (χ4v) is 5.59. The topological polar surface area (TPSA) is 88.8 Å². The lowest BCUT2D eigenvalue weighted by molar-refractivity contribution is 0.0997. The van der Waals surface area contributed by atoms with Crippen molar-refractivity contribution in [3.63, 3.8) is 0 Å². The fourth-order valence-electron chi connectivity index (χ4n) is 5.59. The van der Waals surface area contributed by atoms with Gasteiger partial charge in [-0.15, -0.1) is 0 Å². The molecule has 0 saturated heterocycles. The van der Waals surface area contributed by atoms with Crippen LogP contribution in [0.15, 0.2) is 35.3 Å². The van der Waals surface area contributed by atoms with Crippen LogP contribution in [0.2, 0.25) is 0 Å². The molecule has 2 unspecified atom stereocenters. The average molecular weight is 437 g/mol. The third-order valence-corrected chi connectivity index (χ3v) is 7.36. The number of nitrogens with zero attached hydrogens (tertiary/aromatic N) is 1. The molecule has 3 aromatic rings. The van der Waals surface area contributed by atoms with E-state index in [4.69, 9.17) is 5.73 Å². The van der Waals surface area contributed by atoms with Crippen LogP contribution in [0.1, 0.15) is 71.2 Å². The molecule has 166 valence electrons. The van der Waals surface area contributed by atoms with Gasteiger partial charge in [0.25, 0.3) is 5.91 Å². The molecule has 2 heterocycles. The fraction of sp³-hybridized carbons (Fsp3) is 0.400. The zero-order valence-corrected chi connectivity index (χ0v) is 17.8. The Bertz CT molecular complexity index is 1280. The maximum atomic E-state index is 14.4. The summed E-state index contributed by atoms with van der Waals surface area (Å²) >= 11 is 0. The first-order valence-electron chi connectivity index (χ1n) is 11.1. The molecule has 0 radical (unpaired) electrons. The third-order valence-electron chi connectivity index (χ3n) is 7.36. The van der Waals surface area contributed by atoms with Crippen LogP contribution >= 0.6 is 0 Å².